The Morgan fingerprint density at radius 3 is 2.67 bits per heavy atom. The molecule has 0 aliphatic heterocycles. The molecule has 3 aromatic rings. The average molecular weight is 373 g/mol. The number of carbonyl (C=O) groups excluding carboxylic acids is 1. The molecule has 1 unspecified atom stereocenters. The molecule has 0 spiro atoms. The first-order chi connectivity index (χ1) is 12.9. The van der Waals surface area contributed by atoms with Gasteiger partial charge in [0.2, 0.25) is 0 Å². The summed E-state index contributed by atoms with van der Waals surface area (Å²) in [4.78, 5) is 15.0. The lowest BCUT2D eigenvalue weighted by atomic mass is 10.0. The summed E-state index contributed by atoms with van der Waals surface area (Å²) in [6.45, 7) is 1.78. The smallest absolute Gasteiger partial charge is 0.329 e. The van der Waals surface area contributed by atoms with Crippen molar-refractivity contribution in [3.63, 3.8) is 0 Å². The van der Waals surface area contributed by atoms with Gasteiger partial charge in [0.15, 0.2) is 0 Å². The Labute approximate surface area is 154 Å². The van der Waals surface area contributed by atoms with Crippen LogP contribution in [0.1, 0.15) is 47.3 Å². The summed E-state index contributed by atoms with van der Waals surface area (Å²) in [5.74, 6) is -0.197. The fourth-order valence-corrected chi connectivity index (χ4v) is 3.43. The van der Waals surface area contributed by atoms with Crippen molar-refractivity contribution in [2.75, 3.05) is 0 Å². The molecule has 1 N–H and O–H groups in total. The minimum atomic E-state index is -4.41. The summed E-state index contributed by atoms with van der Waals surface area (Å²) in [5.41, 5.74) is 0.896. The second-order valence-corrected chi connectivity index (χ2v) is 6.88. The normalized spacial score (nSPS) is 15.7. The summed E-state index contributed by atoms with van der Waals surface area (Å²) in [6, 6.07) is 10.1. The number of aromatic amines is 1. The van der Waals surface area contributed by atoms with Crippen LogP contribution in [0.15, 0.2) is 48.7 Å². The summed E-state index contributed by atoms with van der Waals surface area (Å²) in [7, 11) is 0. The van der Waals surface area contributed by atoms with Crippen LogP contribution in [0.3, 0.4) is 0 Å². The van der Waals surface area contributed by atoms with Crippen molar-refractivity contribution < 1.29 is 18.0 Å². The zero-order chi connectivity index (χ0) is 19.2. The largest absolute Gasteiger partial charge is 0.416 e. The van der Waals surface area contributed by atoms with Gasteiger partial charge in [0.1, 0.15) is 0 Å². The molecule has 1 aliphatic carbocycles. The molecule has 1 atom stereocenters. The van der Waals surface area contributed by atoms with E-state index in [1.165, 1.54) is 6.07 Å². The molecule has 7 heteroatoms. The van der Waals surface area contributed by atoms with E-state index >= 15 is 0 Å². The van der Waals surface area contributed by atoms with Crippen molar-refractivity contribution in [1.82, 2.24) is 15.1 Å². The Kier molecular flexibility index (Phi) is 4.17. The fraction of sp³-hybridized carbons (Fsp3) is 0.300. The van der Waals surface area contributed by atoms with Gasteiger partial charge >= 0.3 is 6.18 Å². The molecule has 140 valence electrons. The highest BCUT2D eigenvalue weighted by molar-refractivity contribution is 6.05. The van der Waals surface area contributed by atoms with E-state index in [1.54, 1.807) is 36.2 Å². The maximum absolute atomic E-state index is 13.3. The van der Waals surface area contributed by atoms with Crippen LogP contribution in [-0.2, 0) is 6.18 Å². The summed E-state index contributed by atoms with van der Waals surface area (Å²) in [6.07, 6.45) is -1.06. The Bertz CT molecular complexity index is 991. The first-order valence-corrected chi connectivity index (χ1v) is 8.78. The number of nitrogens with one attached hydrogen (secondary N) is 1. The van der Waals surface area contributed by atoms with Gasteiger partial charge in [-0.3, -0.25) is 9.89 Å². The highest BCUT2D eigenvalue weighted by atomic mass is 19.4. The lowest BCUT2D eigenvalue weighted by Gasteiger charge is -2.30. The molecule has 0 radical (unpaired) electrons. The van der Waals surface area contributed by atoms with Crippen molar-refractivity contribution in [1.29, 1.82) is 0 Å². The van der Waals surface area contributed by atoms with Crippen molar-refractivity contribution in [2.24, 2.45) is 0 Å². The number of carbonyl (C=O) groups is 1. The lowest BCUT2D eigenvalue weighted by molar-refractivity contribution is -0.137. The Morgan fingerprint density at radius 1 is 1.22 bits per heavy atom. The number of hydrogen-bond donors (Lipinski definition) is 1. The third-order valence-corrected chi connectivity index (χ3v) is 5.00. The number of H-pyrrole nitrogens is 1. The number of alkyl halides is 3. The van der Waals surface area contributed by atoms with Gasteiger partial charge in [0.25, 0.3) is 5.91 Å². The minimum absolute atomic E-state index is 0.0419. The average Bonchev–Trinajstić information content (AvgIpc) is 3.35. The van der Waals surface area contributed by atoms with E-state index in [-0.39, 0.29) is 11.9 Å². The number of nitrogens with zero attached hydrogens (tertiary/aromatic N) is 2. The Balaban J connectivity index is 1.71. The molecule has 1 saturated carbocycles. The van der Waals surface area contributed by atoms with Crippen LogP contribution in [0.25, 0.3) is 10.9 Å². The third-order valence-electron chi connectivity index (χ3n) is 5.00. The highest BCUT2D eigenvalue weighted by Crippen LogP contribution is 2.38. The Hall–Kier alpha value is -2.83. The van der Waals surface area contributed by atoms with Gasteiger partial charge < -0.3 is 4.90 Å². The second kappa shape index (κ2) is 6.40. The van der Waals surface area contributed by atoms with Gasteiger partial charge in [0.05, 0.1) is 28.9 Å². The quantitative estimate of drug-likeness (QED) is 0.704. The van der Waals surface area contributed by atoms with Gasteiger partial charge in [-0.1, -0.05) is 24.3 Å². The zero-order valence-electron chi connectivity index (χ0n) is 14.6. The van der Waals surface area contributed by atoms with Crippen LogP contribution in [0.2, 0.25) is 0 Å². The van der Waals surface area contributed by atoms with Crippen LogP contribution in [0.4, 0.5) is 13.2 Å². The molecular weight excluding hydrogens is 355 g/mol. The monoisotopic (exact) mass is 373 g/mol. The molecule has 1 heterocycles. The Morgan fingerprint density at radius 2 is 1.96 bits per heavy atom. The minimum Gasteiger partial charge on any atom is -0.329 e. The fourth-order valence-electron chi connectivity index (χ4n) is 3.43. The molecule has 4 nitrogen and oxygen atoms in total. The van der Waals surface area contributed by atoms with Crippen LogP contribution in [0, 0.1) is 0 Å². The molecule has 1 aromatic heterocycles. The van der Waals surface area contributed by atoms with E-state index in [1.807, 2.05) is 6.07 Å². The molecule has 27 heavy (non-hydrogen) atoms. The summed E-state index contributed by atoms with van der Waals surface area (Å²) in [5, 5.41) is 7.65. The van der Waals surface area contributed by atoms with Gasteiger partial charge in [-0.05, 0) is 43.5 Å². The molecule has 0 bridgehead atoms. The molecule has 1 amide bonds. The summed E-state index contributed by atoms with van der Waals surface area (Å²) >= 11 is 0. The van der Waals surface area contributed by atoms with Crippen LogP contribution in [0.5, 0.6) is 0 Å². The molecular formula is C20H18F3N3O. The predicted molar refractivity (Wildman–Crippen MR) is 95.1 cm³/mol. The number of aromatic nitrogens is 2. The van der Waals surface area contributed by atoms with E-state index in [4.69, 9.17) is 0 Å². The van der Waals surface area contributed by atoms with Crippen molar-refractivity contribution >= 4 is 16.8 Å². The van der Waals surface area contributed by atoms with Crippen LogP contribution in [-0.4, -0.2) is 27.0 Å². The van der Waals surface area contributed by atoms with Gasteiger partial charge in [-0.25, -0.2) is 0 Å². The molecule has 4 rings (SSSR count). The SMILES string of the molecule is CC(c1cccc(C(F)(F)F)c1)N(C(=O)c1cccc2cn[nH]c12)C1CC1. The van der Waals surface area contributed by atoms with E-state index < -0.39 is 17.8 Å². The van der Waals surface area contributed by atoms with Crippen molar-refractivity contribution in [2.45, 2.75) is 38.0 Å². The van der Waals surface area contributed by atoms with Crippen LogP contribution >= 0.6 is 0 Å². The number of halogens is 3. The topological polar surface area (TPSA) is 49.0 Å². The number of benzene rings is 2. The van der Waals surface area contributed by atoms with Gasteiger partial charge in [0, 0.05) is 11.4 Å². The third kappa shape index (κ3) is 3.29. The first-order valence-electron chi connectivity index (χ1n) is 8.78. The van der Waals surface area contributed by atoms with Crippen LogP contribution < -0.4 is 0 Å². The molecule has 1 fully saturated rings. The molecule has 1 aliphatic rings. The highest BCUT2D eigenvalue weighted by Gasteiger charge is 2.38. The van der Waals surface area contributed by atoms with Crippen molar-refractivity contribution in [3.8, 4) is 0 Å². The number of fused-ring (bicyclic) bond motifs is 1. The standard InChI is InChI=1S/C20H18F3N3O/c1-12(13-4-2-6-15(10-13)20(21,22)23)26(16-8-9-16)19(27)17-7-3-5-14-11-24-25-18(14)17/h2-7,10-12,16H,8-9H2,1H3,(H,24,25). The number of rotatable bonds is 4. The second-order valence-electron chi connectivity index (χ2n) is 6.88. The summed E-state index contributed by atoms with van der Waals surface area (Å²) < 4.78 is 39.2. The van der Waals surface area contributed by atoms with Gasteiger partial charge in [-0.2, -0.15) is 18.3 Å². The lowest BCUT2D eigenvalue weighted by Crippen LogP contribution is -2.35. The number of hydrogen-bond acceptors (Lipinski definition) is 2. The zero-order valence-corrected chi connectivity index (χ0v) is 14.6. The van der Waals surface area contributed by atoms with Gasteiger partial charge in [-0.15, -0.1) is 0 Å². The molecule has 0 saturated heterocycles. The predicted octanol–water partition coefficient (Wildman–Crippen LogP) is 4.95. The first kappa shape index (κ1) is 17.6. The van der Waals surface area contributed by atoms with E-state index in [9.17, 15) is 18.0 Å². The van der Waals surface area contributed by atoms with E-state index in [2.05, 4.69) is 10.2 Å². The van der Waals surface area contributed by atoms with Crippen molar-refractivity contribution in [3.05, 3.63) is 65.4 Å². The number of para-hydroxylation sites is 1. The maximum Gasteiger partial charge on any atom is 0.416 e. The van der Waals surface area contributed by atoms with E-state index in [0.29, 0.717) is 16.6 Å². The van der Waals surface area contributed by atoms with E-state index in [0.717, 1.165) is 30.4 Å². The molecule has 2 aromatic carbocycles. The number of amides is 1. The maximum atomic E-state index is 13.3.